The molecule has 0 aliphatic carbocycles. The van der Waals surface area contributed by atoms with Crippen LogP contribution in [0.4, 0.5) is 15.9 Å². The number of aromatic amines is 1. The van der Waals surface area contributed by atoms with E-state index in [9.17, 15) is 4.39 Å². The van der Waals surface area contributed by atoms with Gasteiger partial charge in [0, 0.05) is 31.6 Å². The molecule has 4 aromatic rings. The van der Waals surface area contributed by atoms with Crippen LogP contribution in [0.3, 0.4) is 0 Å². The molecular weight excluding hydrogens is 399 g/mol. The molecule has 0 spiro atoms. The highest BCUT2D eigenvalue weighted by Gasteiger charge is 2.37. The summed E-state index contributed by atoms with van der Waals surface area (Å²) in [6.45, 7) is 2.79. The molecule has 10 heteroatoms. The number of ether oxygens (including phenoxy) is 1. The molecule has 31 heavy (non-hydrogen) atoms. The van der Waals surface area contributed by atoms with Crippen molar-refractivity contribution in [3.05, 3.63) is 36.7 Å². The normalized spacial score (nSPS) is 20.5. The minimum Gasteiger partial charge on any atom is -0.421 e. The highest BCUT2D eigenvalue weighted by Crippen LogP contribution is 2.38. The first-order valence-electron chi connectivity index (χ1n) is 10.3. The van der Waals surface area contributed by atoms with E-state index in [1.54, 1.807) is 19.4 Å². The standard InChI is InChI=1S/C21H21FN8O/c1-23-15-5-12(22)4-14-17-19(27-18(14)15)28-21(31-13-7-24-10-25-8-13)29-20(17)30-3-2-11-6-26-16(11)9-30/h4-5,7-8,10-11,16,23,26H,2-3,6,9H2,1H3,(H,27,28,29). The maximum Gasteiger partial charge on any atom is 0.326 e. The number of piperidine rings is 1. The van der Waals surface area contributed by atoms with E-state index in [0.717, 1.165) is 48.2 Å². The third-order valence-electron chi connectivity index (χ3n) is 6.20. The first kappa shape index (κ1) is 18.3. The Morgan fingerprint density at radius 2 is 2.10 bits per heavy atom. The van der Waals surface area contributed by atoms with Gasteiger partial charge in [-0.1, -0.05) is 0 Å². The summed E-state index contributed by atoms with van der Waals surface area (Å²) < 4.78 is 20.3. The van der Waals surface area contributed by atoms with Gasteiger partial charge < -0.3 is 25.3 Å². The predicted octanol–water partition coefficient (Wildman–Crippen LogP) is 2.67. The lowest BCUT2D eigenvalue weighted by Crippen LogP contribution is -2.62. The van der Waals surface area contributed by atoms with E-state index in [4.69, 9.17) is 9.72 Å². The van der Waals surface area contributed by atoms with Crippen molar-refractivity contribution in [2.75, 3.05) is 36.9 Å². The Hall–Kier alpha value is -3.53. The molecule has 6 rings (SSSR count). The van der Waals surface area contributed by atoms with Crippen LogP contribution in [0, 0.1) is 11.7 Å². The topological polar surface area (TPSA) is 104 Å². The first-order valence-corrected chi connectivity index (χ1v) is 10.3. The minimum atomic E-state index is -0.315. The molecule has 0 amide bonds. The summed E-state index contributed by atoms with van der Waals surface area (Å²) in [5.74, 6) is 1.58. The lowest BCUT2D eigenvalue weighted by Gasteiger charge is -2.46. The zero-order valence-corrected chi connectivity index (χ0v) is 16.9. The molecule has 9 nitrogen and oxygen atoms in total. The maximum absolute atomic E-state index is 14.4. The number of nitrogens with one attached hydrogen (secondary N) is 3. The lowest BCUT2D eigenvalue weighted by atomic mass is 9.85. The Bertz CT molecular complexity index is 1280. The van der Waals surface area contributed by atoms with Crippen LogP contribution in [-0.2, 0) is 0 Å². The summed E-state index contributed by atoms with van der Waals surface area (Å²) in [6, 6.07) is 3.63. The van der Waals surface area contributed by atoms with Crippen LogP contribution < -0.4 is 20.3 Å². The zero-order valence-electron chi connectivity index (χ0n) is 16.9. The Labute approximate surface area is 177 Å². The van der Waals surface area contributed by atoms with Crippen molar-refractivity contribution in [3.8, 4) is 11.8 Å². The van der Waals surface area contributed by atoms with Gasteiger partial charge in [-0.2, -0.15) is 9.97 Å². The molecule has 2 aliphatic rings. The fraction of sp³-hybridized carbons (Fsp3) is 0.333. The molecule has 2 saturated heterocycles. The third-order valence-corrected chi connectivity index (χ3v) is 6.20. The average molecular weight is 420 g/mol. The smallest absolute Gasteiger partial charge is 0.326 e. The van der Waals surface area contributed by atoms with Gasteiger partial charge >= 0.3 is 6.01 Å². The van der Waals surface area contributed by atoms with Gasteiger partial charge in [-0.15, -0.1) is 0 Å². The van der Waals surface area contributed by atoms with Crippen LogP contribution in [0.2, 0.25) is 0 Å². The molecule has 2 aliphatic heterocycles. The fourth-order valence-electron chi connectivity index (χ4n) is 4.55. The van der Waals surface area contributed by atoms with Gasteiger partial charge in [0.2, 0.25) is 0 Å². The molecule has 5 heterocycles. The molecule has 2 atom stereocenters. The van der Waals surface area contributed by atoms with Crippen molar-refractivity contribution >= 4 is 33.4 Å². The van der Waals surface area contributed by atoms with Gasteiger partial charge in [0.25, 0.3) is 0 Å². The number of benzene rings is 1. The number of fused-ring (bicyclic) bond motifs is 4. The van der Waals surface area contributed by atoms with Crippen LogP contribution in [0.1, 0.15) is 6.42 Å². The minimum absolute atomic E-state index is 0.194. The Morgan fingerprint density at radius 1 is 1.23 bits per heavy atom. The van der Waals surface area contributed by atoms with Gasteiger partial charge in [-0.25, -0.2) is 14.4 Å². The van der Waals surface area contributed by atoms with Crippen molar-refractivity contribution < 1.29 is 9.13 Å². The average Bonchev–Trinajstić information content (AvgIpc) is 3.12. The zero-order chi connectivity index (χ0) is 20.9. The van der Waals surface area contributed by atoms with Crippen LogP contribution >= 0.6 is 0 Å². The van der Waals surface area contributed by atoms with Crippen LogP contribution in [0.25, 0.3) is 21.9 Å². The molecule has 3 N–H and O–H groups in total. The van der Waals surface area contributed by atoms with Crippen molar-refractivity contribution in [3.63, 3.8) is 0 Å². The lowest BCUT2D eigenvalue weighted by molar-refractivity contribution is 0.196. The number of rotatable bonds is 4. The highest BCUT2D eigenvalue weighted by molar-refractivity contribution is 6.14. The monoisotopic (exact) mass is 420 g/mol. The molecule has 0 radical (unpaired) electrons. The quantitative estimate of drug-likeness (QED) is 0.463. The SMILES string of the molecule is CNc1cc(F)cc2c1[nH]c1nc(Oc3cncnc3)nc(N3CCC4CNC4C3)c12. The second-order valence-electron chi connectivity index (χ2n) is 7.99. The predicted molar refractivity (Wildman–Crippen MR) is 115 cm³/mol. The summed E-state index contributed by atoms with van der Waals surface area (Å²) >= 11 is 0. The van der Waals surface area contributed by atoms with Gasteiger partial charge in [-0.05, 0) is 31.0 Å². The Kier molecular flexibility index (Phi) is 4.13. The Balaban J connectivity index is 1.54. The molecule has 158 valence electrons. The van der Waals surface area contributed by atoms with E-state index < -0.39 is 0 Å². The van der Waals surface area contributed by atoms with Crippen LogP contribution in [0.5, 0.6) is 11.8 Å². The van der Waals surface area contributed by atoms with Gasteiger partial charge in [-0.3, -0.25) is 0 Å². The van der Waals surface area contributed by atoms with Gasteiger partial charge in [0.15, 0.2) is 5.75 Å². The van der Waals surface area contributed by atoms with Crippen molar-refractivity contribution in [1.29, 1.82) is 0 Å². The van der Waals surface area contributed by atoms with Crippen molar-refractivity contribution in [2.45, 2.75) is 12.5 Å². The number of nitrogens with zero attached hydrogens (tertiary/aromatic N) is 5. The molecule has 0 saturated carbocycles. The van der Waals surface area contributed by atoms with E-state index in [2.05, 4.69) is 35.5 Å². The number of hydrogen-bond acceptors (Lipinski definition) is 8. The van der Waals surface area contributed by atoms with Crippen molar-refractivity contribution in [2.24, 2.45) is 5.92 Å². The van der Waals surface area contributed by atoms with Crippen LogP contribution in [-0.4, -0.2) is 57.6 Å². The number of H-pyrrole nitrogens is 1. The molecule has 3 aromatic heterocycles. The summed E-state index contributed by atoms with van der Waals surface area (Å²) in [6.07, 6.45) is 5.64. The van der Waals surface area contributed by atoms with E-state index >= 15 is 0 Å². The fourth-order valence-corrected chi connectivity index (χ4v) is 4.55. The number of anilines is 2. The van der Waals surface area contributed by atoms with Gasteiger partial charge in [0.05, 0.1) is 29.0 Å². The first-order chi connectivity index (χ1) is 15.2. The van der Waals surface area contributed by atoms with E-state index in [-0.39, 0.29) is 11.8 Å². The van der Waals surface area contributed by atoms with E-state index in [1.807, 2.05) is 0 Å². The summed E-state index contributed by atoms with van der Waals surface area (Å²) in [7, 11) is 1.77. The van der Waals surface area contributed by atoms with E-state index in [0.29, 0.717) is 29.0 Å². The highest BCUT2D eigenvalue weighted by atomic mass is 19.1. The second-order valence-corrected chi connectivity index (χ2v) is 7.99. The number of aromatic nitrogens is 5. The second kappa shape index (κ2) is 7.02. The summed E-state index contributed by atoms with van der Waals surface area (Å²) in [4.78, 5) is 22.9. The van der Waals surface area contributed by atoms with Crippen molar-refractivity contribution in [1.82, 2.24) is 30.2 Å². The molecule has 2 unspecified atom stereocenters. The molecular formula is C21H21FN8O. The summed E-state index contributed by atoms with van der Waals surface area (Å²) in [5.41, 5.74) is 2.04. The summed E-state index contributed by atoms with van der Waals surface area (Å²) in [5, 5.41) is 8.09. The molecule has 1 aromatic carbocycles. The Morgan fingerprint density at radius 3 is 2.84 bits per heavy atom. The number of halogens is 1. The number of hydrogen-bond donors (Lipinski definition) is 3. The maximum atomic E-state index is 14.4. The largest absolute Gasteiger partial charge is 0.421 e. The third kappa shape index (κ3) is 3.02. The van der Waals surface area contributed by atoms with E-state index in [1.165, 1.54) is 18.5 Å². The molecule has 0 bridgehead atoms. The molecule has 2 fully saturated rings. The van der Waals surface area contributed by atoms with Crippen LogP contribution in [0.15, 0.2) is 30.9 Å². The van der Waals surface area contributed by atoms with Gasteiger partial charge in [0.1, 0.15) is 23.6 Å².